The summed E-state index contributed by atoms with van der Waals surface area (Å²) in [6.45, 7) is 0. The number of fused-ring (bicyclic) bond motifs is 1. The Bertz CT molecular complexity index is 502. The van der Waals surface area contributed by atoms with E-state index in [9.17, 15) is 0 Å². The lowest BCUT2D eigenvalue weighted by molar-refractivity contribution is 0.594. The van der Waals surface area contributed by atoms with Crippen LogP contribution in [0.3, 0.4) is 0 Å². The first-order valence-electron chi connectivity index (χ1n) is 5.17. The van der Waals surface area contributed by atoms with Crippen LogP contribution in [0.1, 0.15) is 17.5 Å². The lowest BCUT2D eigenvalue weighted by Crippen LogP contribution is -1.86. The van der Waals surface area contributed by atoms with E-state index in [4.69, 9.17) is 10.2 Å². The smallest absolute Gasteiger partial charge is 0.292 e. The topological polar surface area (TPSA) is 52.0 Å². The van der Waals surface area contributed by atoms with Gasteiger partial charge in [-0.25, -0.2) is 4.98 Å². The van der Waals surface area contributed by atoms with E-state index in [0.29, 0.717) is 0 Å². The zero-order valence-electron chi connectivity index (χ0n) is 8.36. The van der Waals surface area contributed by atoms with Crippen LogP contribution in [0.25, 0.3) is 11.3 Å². The molecule has 1 heterocycles. The summed E-state index contributed by atoms with van der Waals surface area (Å²) in [6.07, 6.45) is 5.23. The van der Waals surface area contributed by atoms with Crippen LogP contribution in [-0.2, 0) is 12.8 Å². The quantitative estimate of drug-likeness (QED) is 0.769. The monoisotopic (exact) mass is 200 g/mol. The fourth-order valence-corrected chi connectivity index (χ4v) is 2.26. The van der Waals surface area contributed by atoms with Crippen LogP contribution in [0.5, 0.6) is 0 Å². The molecule has 3 nitrogen and oxygen atoms in total. The molecule has 3 heteroatoms. The zero-order valence-corrected chi connectivity index (χ0v) is 8.36. The van der Waals surface area contributed by atoms with Gasteiger partial charge in [0.15, 0.2) is 5.76 Å². The molecule has 0 aliphatic heterocycles. The Balaban J connectivity index is 2.16. The fourth-order valence-electron chi connectivity index (χ4n) is 2.26. The first-order valence-corrected chi connectivity index (χ1v) is 5.17. The highest BCUT2D eigenvalue weighted by atomic mass is 16.4. The van der Waals surface area contributed by atoms with Crippen LogP contribution in [0.15, 0.2) is 28.8 Å². The zero-order chi connectivity index (χ0) is 10.3. The number of nitrogens with two attached hydrogens (primary N) is 1. The van der Waals surface area contributed by atoms with Crippen molar-refractivity contribution in [3.63, 3.8) is 0 Å². The maximum Gasteiger partial charge on any atom is 0.292 e. The standard InChI is InChI=1S/C12H12N2O/c13-12-14-7-11(15-12)10-6-2-4-8-3-1-5-9(8)10/h2,4,6-7H,1,3,5H2,(H2,13,14). The molecule has 0 saturated heterocycles. The average Bonchev–Trinajstić information content (AvgIpc) is 2.84. The highest BCUT2D eigenvalue weighted by Gasteiger charge is 2.17. The Kier molecular flexibility index (Phi) is 1.78. The Morgan fingerprint density at radius 3 is 3.00 bits per heavy atom. The van der Waals surface area contributed by atoms with E-state index in [1.807, 2.05) is 0 Å². The number of hydrogen-bond donors (Lipinski definition) is 1. The van der Waals surface area contributed by atoms with Crippen molar-refractivity contribution < 1.29 is 4.42 Å². The van der Waals surface area contributed by atoms with Gasteiger partial charge in [-0.1, -0.05) is 18.2 Å². The van der Waals surface area contributed by atoms with Crippen molar-refractivity contribution in [3.05, 3.63) is 35.5 Å². The molecule has 0 unspecified atom stereocenters. The van der Waals surface area contributed by atoms with Gasteiger partial charge in [-0.3, -0.25) is 0 Å². The van der Waals surface area contributed by atoms with Crippen LogP contribution in [0.2, 0.25) is 0 Å². The molecular weight excluding hydrogens is 188 g/mol. The van der Waals surface area contributed by atoms with Crippen molar-refractivity contribution in [2.75, 3.05) is 5.73 Å². The molecule has 2 N–H and O–H groups in total. The maximum atomic E-state index is 5.48. The lowest BCUT2D eigenvalue weighted by Gasteiger charge is -2.04. The van der Waals surface area contributed by atoms with E-state index in [1.54, 1.807) is 6.20 Å². The van der Waals surface area contributed by atoms with Crippen molar-refractivity contribution in [1.82, 2.24) is 4.98 Å². The first kappa shape index (κ1) is 8.53. The number of rotatable bonds is 1. The summed E-state index contributed by atoms with van der Waals surface area (Å²) in [5, 5.41) is 0. The molecule has 15 heavy (non-hydrogen) atoms. The summed E-state index contributed by atoms with van der Waals surface area (Å²) in [6, 6.07) is 6.56. The Morgan fingerprint density at radius 2 is 2.20 bits per heavy atom. The molecular formula is C12H12N2O. The van der Waals surface area contributed by atoms with E-state index in [2.05, 4.69) is 23.2 Å². The van der Waals surface area contributed by atoms with Gasteiger partial charge in [-0.05, 0) is 30.4 Å². The molecule has 1 aromatic heterocycles. The number of anilines is 1. The van der Waals surface area contributed by atoms with Crippen molar-refractivity contribution in [1.29, 1.82) is 0 Å². The molecule has 1 aliphatic rings. The summed E-state index contributed by atoms with van der Waals surface area (Å²) in [4.78, 5) is 3.93. The maximum absolute atomic E-state index is 5.48. The average molecular weight is 200 g/mol. The van der Waals surface area contributed by atoms with Gasteiger partial charge in [0, 0.05) is 5.56 Å². The van der Waals surface area contributed by atoms with Crippen LogP contribution >= 0.6 is 0 Å². The van der Waals surface area contributed by atoms with Crippen molar-refractivity contribution in [3.8, 4) is 11.3 Å². The second kappa shape index (κ2) is 3.12. The number of hydrogen-bond acceptors (Lipinski definition) is 3. The minimum absolute atomic E-state index is 0.237. The lowest BCUT2D eigenvalue weighted by atomic mass is 10.0. The Morgan fingerprint density at radius 1 is 1.27 bits per heavy atom. The molecule has 0 atom stereocenters. The summed E-state index contributed by atoms with van der Waals surface area (Å²) in [7, 11) is 0. The van der Waals surface area contributed by atoms with Gasteiger partial charge in [0.2, 0.25) is 0 Å². The molecule has 0 bridgehead atoms. The second-order valence-corrected chi connectivity index (χ2v) is 3.86. The van der Waals surface area contributed by atoms with Crippen LogP contribution in [0.4, 0.5) is 6.01 Å². The van der Waals surface area contributed by atoms with E-state index in [-0.39, 0.29) is 6.01 Å². The Hall–Kier alpha value is -1.77. The highest BCUT2D eigenvalue weighted by Crippen LogP contribution is 2.32. The molecule has 0 spiro atoms. The SMILES string of the molecule is Nc1ncc(-c2cccc3c2CCC3)o1. The van der Waals surface area contributed by atoms with E-state index in [0.717, 1.165) is 17.7 Å². The van der Waals surface area contributed by atoms with Crippen LogP contribution < -0.4 is 5.73 Å². The van der Waals surface area contributed by atoms with Crippen LogP contribution in [0, 0.1) is 0 Å². The fraction of sp³-hybridized carbons (Fsp3) is 0.250. The number of oxazole rings is 1. The van der Waals surface area contributed by atoms with E-state index < -0.39 is 0 Å². The van der Waals surface area contributed by atoms with Gasteiger partial charge in [0.25, 0.3) is 6.01 Å². The van der Waals surface area contributed by atoms with Crippen molar-refractivity contribution >= 4 is 6.01 Å². The third-order valence-corrected chi connectivity index (χ3v) is 2.93. The number of nitrogen functional groups attached to an aromatic ring is 1. The van der Waals surface area contributed by atoms with Gasteiger partial charge in [0.05, 0.1) is 6.20 Å². The molecule has 2 aromatic rings. The van der Waals surface area contributed by atoms with Gasteiger partial charge in [-0.2, -0.15) is 0 Å². The third-order valence-electron chi connectivity index (χ3n) is 2.93. The summed E-state index contributed by atoms with van der Waals surface area (Å²) < 4.78 is 5.36. The summed E-state index contributed by atoms with van der Waals surface area (Å²) in [5.74, 6) is 0.784. The molecule has 0 saturated carbocycles. The molecule has 76 valence electrons. The molecule has 1 aliphatic carbocycles. The Labute approximate surface area is 87.9 Å². The number of benzene rings is 1. The molecule has 0 fully saturated rings. The van der Waals surface area contributed by atoms with E-state index in [1.165, 1.54) is 24.0 Å². The first-order chi connectivity index (χ1) is 7.34. The molecule has 0 amide bonds. The van der Waals surface area contributed by atoms with Crippen molar-refractivity contribution in [2.45, 2.75) is 19.3 Å². The number of nitrogens with zero attached hydrogens (tertiary/aromatic N) is 1. The number of aromatic nitrogens is 1. The molecule has 0 radical (unpaired) electrons. The minimum atomic E-state index is 0.237. The predicted molar refractivity (Wildman–Crippen MR) is 58.4 cm³/mol. The van der Waals surface area contributed by atoms with Gasteiger partial charge in [-0.15, -0.1) is 0 Å². The van der Waals surface area contributed by atoms with Crippen molar-refractivity contribution in [2.24, 2.45) is 0 Å². The van der Waals surface area contributed by atoms with Gasteiger partial charge in [0.1, 0.15) is 0 Å². The van der Waals surface area contributed by atoms with E-state index >= 15 is 0 Å². The summed E-state index contributed by atoms with van der Waals surface area (Å²) >= 11 is 0. The van der Waals surface area contributed by atoms with Gasteiger partial charge >= 0.3 is 0 Å². The number of aryl methyl sites for hydroxylation is 1. The second-order valence-electron chi connectivity index (χ2n) is 3.86. The minimum Gasteiger partial charge on any atom is -0.424 e. The van der Waals surface area contributed by atoms with Crippen LogP contribution in [-0.4, -0.2) is 4.98 Å². The summed E-state index contributed by atoms with van der Waals surface area (Å²) in [5.41, 5.74) is 9.46. The molecule has 1 aromatic carbocycles. The molecule has 3 rings (SSSR count). The normalized spacial score (nSPS) is 14.1. The largest absolute Gasteiger partial charge is 0.424 e. The van der Waals surface area contributed by atoms with Gasteiger partial charge < -0.3 is 10.2 Å². The highest BCUT2D eigenvalue weighted by molar-refractivity contribution is 5.65. The predicted octanol–water partition coefficient (Wildman–Crippen LogP) is 2.41. The third kappa shape index (κ3) is 1.31.